The van der Waals surface area contributed by atoms with Crippen molar-refractivity contribution >= 4 is 16.9 Å². The SMILES string of the molecule is CC.O=C(O)c1ncc2ccccc2n1. The van der Waals surface area contributed by atoms with Crippen molar-refractivity contribution in [3.8, 4) is 0 Å². The van der Waals surface area contributed by atoms with Gasteiger partial charge in [0.15, 0.2) is 0 Å². The van der Waals surface area contributed by atoms with Gasteiger partial charge in [-0.2, -0.15) is 0 Å². The van der Waals surface area contributed by atoms with E-state index in [1.807, 2.05) is 26.0 Å². The molecule has 0 spiro atoms. The number of rotatable bonds is 1. The monoisotopic (exact) mass is 204 g/mol. The molecule has 4 nitrogen and oxygen atoms in total. The molecule has 0 fully saturated rings. The highest BCUT2D eigenvalue weighted by atomic mass is 16.4. The third kappa shape index (κ3) is 2.49. The standard InChI is InChI=1S/C9H6N2O2.C2H6/c12-9(13)8-10-5-6-3-1-2-4-7(6)11-8;1-2/h1-5H,(H,12,13);1-2H3. The van der Waals surface area contributed by atoms with Gasteiger partial charge in [-0.3, -0.25) is 0 Å². The summed E-state index contributed by atoms with van der Waals surface area (Å²) < 4.78 is 0. The molecule has 0 aliphatic rings. The molecule has 1 aromatic heterocycles. The van der Waals surface area contributed by atoms with Crippen LogP contribution < -0.4 is 0 Å². The summed E-state index contributed by atoms with van der Waals surface area (Å²) in [6, 6.07) is 7.25. The molecule has 0 amide bonds. The third-order valence-electron chi connectivity index (χ3n) is 1.68. The number of hydrogen-bond acceptors (Lipinski definition) is 3. The third-order valence-corrected chi connectivity index (χ3v) is 1.68. The zero-order chi connectivity index (χ0) is 11.3. The fraction of sp³-hybridized carbons (Fsp3) is 0.182. The second-order valence-electron chi connectivity index (χ2n) is 2.56. The van der Waals surface area contributed by atoms with Crippen molar-refractivity contribution in [2.24, 2.45) is 0 Å². The molecule has 0 aliphatic heterocycles. The van der Waals surface area contributed by atoms with Crippen LogP contribution >= 0.6 is 0 Å². The first kappa shape index (κ1) is 11.1. The minimum Gasteiger partial charge on any atom is -0.475 e. The molecule has 0 radical (unpaired) electrons. The quantitative estimate of drug-likeness (QED) is 0.774. The van der Waals surface area contributed by atoms with Gasteiger partial charge in [-0.1, -0.05) is 32.0 Å². The molecule has 2 aromatic rings. The van der Waals surface area contributed by atoms with Gasteiger partial charge in [-0.05, 0) is 6.07 Å². The van der Waals surface area contributed by atoms with Crippen molar-refractivity contribution in [3.05, 3.63) is 36.3 Å². The largest absolute Gasteiger partial charge is 0.475 e. The Bertz CT molecular complexity index is 469. The Kier molecular flexibility index (Phi) is 3.74. The lowest BCUT2D eigenvalue weighted by Crippen LogP contribution is -2.03. The average Bonchev–Trinajstić information content (AvgIpc) is 2.31. The van der Waals surface area contributed by atoms with Crippen molar-refractivity contribution in [1.29, 1.82) is 0 Å². The van der Waals surface area contributed by atoms with E-state index in [2.05, 4.69) is 9.97 Å². The highest BCUT2D eigenvalue weighted by Gasteiger charge is 2.05. The van der Waals surface area contributed by atoms with E-state index in [9.17, 15) is 4.79 Å². The topological polar surface area (TPSA) is 63.1 Å². The van der Waals surface area contributed by atoms with Crippen molar-refractivity contribution < 1.29 is 9.90 Å². The lowest BCUT2D eigenvalue weighted by molar-refractivity contribution is 0.0684. The molecule has 4 heteroatoms. The molecule has 78 valence electrons. The minimum absolute atomic E-state index is 0.168. The van der Waals surface area contributed by atoms with E-state index in [-0.39, 0.29) is 5.82 Å². The second kappa shape index (κ2) is 5.05. The normalized spacial score (nSPS) is 9.20. The summed E-state index contributed by atoms with van der Waals surface area (Å²) in [5, 5.41) is 9.46. The summed E-state index contributed by atoms with van der Waals surface area (Å²) in [5.74, 6) is -1.27. The maximum absolute atomic E-state index is 10.5. The van der Waals surface area contributed by atoms with Gasteiger partial charge in [0.05, 0.1) is 5.52 Å². The molecule has 0 bridgehead atoms. The van der Waals surface area contributed by atoms with Crippen LogP contribution in [0.15, 0.2) is 30.5 Å². The molecule has 0 aliphatic carbocycles. The Morgan fingerprint density at radius 3 is 2.60 bits per heavy atom. The second-order valence-corrected chi connectivity index (χ2v) is 2.56. The van der Waals surface area contributed by atoms with E-state index in [0.29, 0.717) is 5.52 Å². The number of benzene rings is 1. The Hall–Kier alpha value is -1.97. The van der Waals surface area contributed by atoms with Crippen LogP contribution in [-0.2, 0) is 0 Å². The zero-order valence-corrected chi connectivity index (χ0v) is 8.64. The fourth-order valence-corrected chi connectivity index (χ4v) is 1.08. The lowest BCUT2D eigenvalue weighted by Gasteiger charge is -1.96. The predicted molar refractivity (Wildman–Crippen MR) is 57.8 cm³/mol. The first-order valence-electron chi connectivity index (χ1n) is 4.72. The van der Waals surface area contributed by atoms with E-state index in [1.165, 1.54) is 6.20 Å². The number of carboxylic acid groups (broad SMARTS) is 1. The number of aromatic carboxylic acids is 1. The molecule has 0 saturated heterocycles. The van der Waals surface area contributed by atoms with Gasteiger partial charge in [0.1, 0.15) is 0 Å². The highest BCUT2D eigenvalue weighted by Crippen LogP contribution is 2.08. The fourth-order valence-electron chi connectivity index (χ4n) is 1.08. The molecule has 1 heterocycles. The Morgan fingerprint density at radius 2 is 1.93 bits per heavy atom. The number of para-hydroxylation sites is 1. The van der Waals surface area contributed by atoms with E-state index < -0.39 is 5.97 Å². The Morgan fingerprint density at radius 1 is 1.27 bits per heavy atom. The first-order chi connectivity index (χ1) is 7.27. The molecule has 1 aromatic carbocycles. The van der Waals surface area contributed by atoms with E-state index in [4.69, 9.17) is 5.11 Å². The molecule has 0 unspecified atom stereocenters. The van der Waals surface area contributed by atoms with Crippen LogP contribution in [0.2, 0.25) is 0 Å². The average molecular weight is 204 g/mol. The molecule has 1 N–H and O–H groups in total. The Labute approximate surface area is 87.6 Å². The number of nitrogens with zero attached hydrogens (tertiary/aromatic N) is 2. The smallest absolute Gasteiger partial charge is 0.373 e. The number of carbonyl (C=O) groups is 1. The Balaban J connectivity index is 0.000000531. The van der Waals surface area contributed by atoms with Crippen molar-refractivity contribution in [3.63, 3.8) is 0 Å². The summed E-state index contributed by atoms with van der Waals surface area (Å²) in [7, 11) is 0. The summed E-state index contributed by atoms with van der Waals surface area (Å²) in [4.78, 5) is 18.1. The predicted octanol–water partition coefficient (Wildman–Crippen LogP) is 2.35. The van der Waals surface area contributed by atoms with Crippen molar-refractivity contribution in [2.75, 3.05) is 0 Å². The maximum Gasteiger partial charge on any atom is 0.373 e. The van der Waals surface area contributed by atoms with E-state index >= 15 is 0 Å². The summed E-state index contributed by atoms with van der Waals surface area (Å²) in [6.07, 6.45) is 1.51. The molecular weight excluding hydrogens is 192 g/mol. The highest BCUT2D eigenvalue weighted by molar-refractivity contribution is 5.87. The van der Waals surface area contributed by atoms with Crippen molar-refractivity contribution in [1.82, 2.24) is 9.97 Å². The van der Waals surface area contributed by atoms with E-state index in [0.717, 1.165) is 5.39 Å². The number of carboxylic acids is 1. The van der Waals surface area contributed by atoms with Crippen LogP contribution in [0.25, 0.3) is 10.9 Å². The van der Waals surface area contributed by atoms with Crippen LogP contribution in [0.4, 0.5) is 0 Å². The zero-order valence-electron chi connectivity index (χ0n) is 8.64. The van der Waals surface area contributed by atoms with Gasteiger partial charge < -0.3 is 5.11 Å². The molecule has 0 atom stereocenters. The van der Waals surface area contributed by atoms with Gasteiger partial charge >= 0.3 is 5.97 Å². The van der Waals surface area contributed by atoms with Crippen LogP contribution in [0.1, 0.15) is 24.5 Å². The minimum atomic E-state index is -1.11. The van der Waals surface area contributed by atoms with Gasteiger partial charge in [-0.25, -0.2) is 14.8 Å². The van der Waals surface area contributed by atoms with Gasteiger partial charge in [0, 0.05) is 11.6 Å². The lowest BCUT2D eigenvalue weighted by atomic mass is 10.2. The number of aromatic nitrogens is 2. The number of hydrogen-bond donors (Lipinski definition) is 1. The van der Waals surface area contributed by atoms with Gasteiger partial charge in [-0.15, -0.1) is 0 Å². The molecular formula is C11H12N2O2. The molecule has 0 saturated carbocycles. The summed E-state index contributed by atoms with van der Waals surface area (Å²) >= 11 is 0. The molecule has 15 heavy (non-hydrogen) atoms. The molecule has 2 rings (SSSR count). The first-order valence-corrected chi connectivity index (χ1v) is 4.72. The van der Waals surface area contributed by atoms with Crippen LogP contribution in [0.3, 0.4) is 0 Å². The number of fused-ring (bicyclic) bond motifs is 1. The maximum atomic E-state index is 10.5. The summed E-state index contributed by atoms with van der Waals surface area (Å²) in [5.41, 5.74) is 0.648. The van der Waals surface area contributed by atoms with E-state index in [1.54, 1.807) is 12.1 Å². The summed E-state index contributed by atoms with van der Waals surface area (Å²) in [6.45, 7) is 4.00. The van der Waals surface area contributed by atoms with Crippen LogP contribution in [0.5, 0.6) is 0 Å². The van der Waals surface area contributed by atoms with Crippen LogP contribution in [0, 0.1) is 0 Å². The van der Waals surface area contributed by atoms with Crippen molar-refractivity contribution in [2.45, 2.75) is 13.8 Å². The van der Waals surface area contributed by atoms with Gasteiger partial charge in [0.2, 0.25) is 5.82 Å². The van der Waals surface area contributed by atoms with Gasteiger partial charge in [0.25, 0.3) is 0 Å². The van der Waals surface area contributed by atoms with Crippen LogP contribution in [-0.4, -0.2) is 21.0 Å².